The Morgan fingerprint density at radius 2 is 1.93 bits per heavy atom. The average molecular weight is 405 g/mol. The number of hydrogen-bond donors (Lipinski definition) is 1. The molecule has 1 N–H and O–H groups in total. The Bertz CT molecular complexity index is 813. The molecule has 0 saturated heterocycles. The fourth-order valence-electron chi connectivity index (χ4n) is 2.85. The highest BCUT2D eigenvalue weighted by molar-refractivity contribution is 6.30. The number of benzene rings is 2. The molecule has 0 aliphatic heterocycles. The summed E-state index contributed by atoms with van der Waals surface area (Å²) in [7, 11) is 0. The predicted octanol–water partition coefficient (Wildman–Crippen LogP) is 4.36. The van der Waals surface area contributed by atoms with Crippen LogP contribution in [0.3, 0.4) is 0 Å². The Morgan fingerprint density at radius 3 is 2.61 bits per heavy atom. The largest absolute Gasteiger partial charge is 0.354 e. The maximum absolute atomic E-state index is 14.2. The third-order valence-corrected chi connectivity index (χ3v) is 4.77. The lowest BCUT2D eigenvalue weighted by atomic mass is 10.1. The number of carbonyl (C=O) groups is 2. The van der Waals surface area contributed by atoms with Crippen LogP contribution in [0.2, 0.25) is 5.02 Å². The molecule has 2 aromatic rings. The number of nitrogens with one attached hydrogen (secondary N) is 1. The SMILES string of the molecule is CCCCNC(=O)[C@H](C)N(Cc1ccccc1F)C(=O)Cc1cccc(Cl)c1. The summed E-state index contributed by atoms with van der Waals surface area (Å²) >= 11 is 6.00. The van der Waals surface area contributed by atoms with Crippen LogP contribution in [0.5, 0.6) is 0 Å². The number of carbonyl (C=O) groups excluding carboxylic acids is 2. The number of nitrogens with zero attached hydrogens (tertiary/aromatic N) is 1. The van der Waals surface area contributed by atoms with Gasteiger partial charge in [-0.2, -0.15) is 0 Å². The normalized spacial score (nSPS) is 11.7. The molecule has 0 saturated carbocycles. The molecule has 0 unspecified atom stereocenters. The van der Waals surface area contributed by atoms with Crippen LogP contribution in [0.15, 0.2) is 48.5 Å². The number of rotatable bonds is 9. The summed E-state index contributed by atoms with van der Waals surface area (Å²) in [6.07, 6.45) is 1.91. The summed E-state index contributed by atoms with van der Waals surface area (Å²) in [6, 6.07) is 12.6. The molecule has 2 amide bonds. The van der Waals surface area contributed by atoms with Crippen molar-refractivity contribution in [3.05, 3.63) is 70.5 Å². The highest BCUT2D eigenvalue weighted by Gasteiger charge is 2.26. The molecule has 28 heavy (non-hydrogen) atoms. The van der Waals surface area contributed by atoms with Crippen molar-refractivity contribution < 1.29 is 14.0 Å². The molecule has 2 rings (SSSR count). The molecule has 0 aliphatic carbocycles. The van der Waals surface area contributed by atoms with Gasteiger partial charge in [-0.3, -0.25) is 9.59 Å². The minimum absolute atomic E-state index is 0.0223. The van der Waals surface area contributed by atoms with Gasteiger partial charge >= 0.3 is 0 Å². The third kappa shape index (κ3) is 6.34. The van der Waals surface area contributed by atoms with Crippen molar-refractivity contribution >= 4 is 23.4 Å². The van der Waals surface area contributed by atoms with Gasteiger partial charge in [0.1, 0.15) is 11.9 Å². The molecule has 0 fully saturated rings. The summed E-state index contributed by atoms with van der Waals surface area (Å²) in [5.41, 5.74) is 1.12. The zero-order valence-electron chi connectivity index (χ0n) is 16.3. The molecule has 0 spiro atoms. The fraction of sp³-hybridized carbons (Fsp3) is 0.364. The zero-order chi connectivity index (χ0) is 20.5. The van der Waals surface area contributed by atoms with E-state index in [1.165, 1.54) is 11.0 Å². The molecule has 0 aromatic heterocycles. The predicted molar refractivity (Wildman–Crippen MR) is 109 cm³/mol. The topological polar surface area (TPSA) is 49.4 Å². The number of amides is 2. The van der Waals surface area contributed by atoms with E-state index in [0.717, 1.165) is 18.4 Å². The summed E-state index contributed by atoms with van der Waals surface area (Å²) in [5.74, 6) is -0.908. The van der Waals surface area contributed by atoms with Crippen molar-refractivity contribution in [2.24, 2.45) is 0 Å². The van der Waals surface area contributed by atoms with E-state index in [9.17, 15) is 14.0 Å². The lowest BCUT2D eigenvalue weighted by Crippen LogP contribution is -2.48. The van der Waals surface area contributed by atoms with E-state index in [4.69, 9.17) is 11.6 Å². The van der Waals surface area contributed by atoms with Crippen LogP contribution in [-0.2, 0) is 22.6 Å². The van der Waals surface area contributed by atoms with Gasteiger partial charge in [0, 0.05) is 23.7 Å². The Balaban J connectivity index is 2.20. The van der Waals surface area contributed by atoms with E-state index >= 15 is 0 Å². The van der Waals surface area contributed by atoms with Crippen LogP contribution >= 0.6 is 11.6 Å². The lowest BCUT2D eigenvalue weighted by Gasteiger charge is -2.29. The highest BCUT2D eigenvalue weighted by Crippen LogP contribution is 2.16. The first-order chi connectivity index (χ1) is 13.4. The Morgan fingerprint density at radius 1 is 1.18 bits per heavy atom. The standard InChI is InChI=1S/C22H26ClFN2O2/c1-3-4-12-25-22(28)16(2)26(15-18-9-5-6-11-20(18)24)21(27)14-17-8-7-10-19(23)13-17/h5-11,13,16H,3-4,12,14-15H2,1-2H3,(H,25,28)/t16-/m0/s1. The first-order valence-electron chi connectivity index (χ1n) is 9.47. The number of halogens is 2. The van der Waals surface area contributed by atoms with Crippen molar-refractivity contribution in [2.75, 3.05) is 6.54 Å². The summed E-state index contributed by atoms with van der Waals surface area (Å²) in [5, 5.41) is 3.38. The third-order valence-electron chi connectivity index (χ3n) is 4.54. The minimum Gasteiger partial charge on any atom is -0.354 e. The molecule has 0 bridgehead atoms. The van der Waals surface area contributed by atoms with Crippen LogP contribution < -0.4 is 5.32 Å². The van der Waals surface area contributed by atoms with Gasteiger partial charge in [-0.15, -0.1) is 0 Å². The Kier molecular flexibility index (Phi) is 8.45. The Labute approximate surface area is 170 Å². The fourth-order valence-corrected chi connectivity index (χ4v) is 3.06. The van der Waals surface area contributed by atoms with E-state index in [1.54, 1.807) is 49.4 Å². The molecule has 4 nitrogen and oxygen atoms in total. The first kappa shape index (κ1) is 21.9. The van der Waals surface area contributed by atoms with Crippen LogP contribution in [0.25, 0.3) is 0 Å². The van der Waals surface area contributed by atoms with Gasteiger partial charge in [0.15, 0.2) is 0 Å². The molecule has 150 valence electrons. The van der Waals surface area contributed by atoms with Gasteiger partial charge in [-0.1, -0.05) is 55.3 Å². The van der Waals surface area contributed by atoms with Crippen LogP contribution in [0.1, 0.15) is 37.8 Å². The van der Waals surface area contributed by atoms with Gasteiger partial charge < -0.3 is 10.2 Å². The van der Waals surface area contributed by atoms with Gasteiger partial charge in [0.2, 0.25) is 11.8 Å². The molecular formula is C22H26ClFN2O2. The summed E-state index contributed by atoms with van der Waals surface area (Å²) in [6.45, 7) is 4.27. The van der Waals surface area contributed by atoms with Gasteiger partial charge in [-0.25, -0.2) is 4.39 Å². The molecule has 1 atom stereocenters. The number of hydrogen-bond acceptors (Lipinski definition) is 2. The second kappa shape index (κ2) is 10.8. The molecule has 0 aliphatic rings. The average Bonchev–Trinajstić information content (AvgIpc) is 2.67. The second-order valence-electron chi connectivity index (χ2n) is 6.74. The zero-order valence-corrected chi connectivity index (χ0v) is 17.0. The van der Waals surface area contributed by atoms with Gasteiger partial charge in [0.25, 0.3) is 0 Å². The molecule has 6 heteroatoms. The lowest BCUT2D eigenvalue weighted by molar-refractivity contribution is -0.140. The van der Waals surface area contributed by atoms with E-state index in [2.05, 4.69) is 5.32 Å². The highest BCUT2D eigenvalue weighted by atomic mass is 35.5. The van der Waals surface area contributed by atoms with Crippen molar-refractivity contribution in [3.63, 3.8) is 0 Å². The Hall–Kier alpha value is -2.40. The molecule has 0 heterocycles. The molecule has 2 aromatic carbocycles. The number of unbranched alkanes of at least 4 members (excludes halogenated alkanes) is 1. The van der Waals surface area contributed by atoms with Crippen molar-refractivity contribution in [1.82, 2.24) is 10.2 Å². The molecule has 0 radical (unpaired) electrons. The maximum Gasteiger partial charge on any atom is 0.242 e. The van der Waals surface area contributed by atoms with E-state index in [1.807, 2.05) is 6.92 Å². The van der Waals surface area contributed by atoms with Crippen LogP contribution in [-0.4, -0.2) is 29.3 Å². The van der Waals surface area contributed by atoms with Crippen LogP contribution in [0.4, 0.5) is 4.39 Å². The maximum atomic E-state index is 14.2. The van der Waals surface area contributed by atoms with E-state index in [-0.39, 0.29) is 24.8 Å². The smallest absolute Gasteiger partial charge is 0.242 e. The second-order valence-corrected chi connectivity index (χ2v) is 7.18. The van der Waals surface area contributed by atoms with Crippen molar-refractivity contribution in [2.45, 2.75) is 45.7 Å². The van der Waals surface area contributed by atoms with Crippen molar-refractivity contribution in [1.29, 1.82) is 0 Å². The van der Waals surface area contributed by atoms with Gasteiger partial charge in [0.05, 0.1) is 6.42 Å². The monoisotopic (exact) mass is 404 g/mol. The summed E-state index contributed by atoms with van der Waals surface area (Å²) < 4.78 is 14.2. The van der Waals surface area contributed by atoms with Crippen molar-refractivity contribution in [3.8, 4) is 0 Å². The van der Waals surface area contributed by atoms with E-state index < -0.39 is 11.9 Å². The van der Waals surface area contributed by atoms with E-state index in [0.29, 0.717) is 17.1 Å². The quantitative estimate of drug-likeness (QED) is 0.631. The van der Waals surface area contributed by atoms with Crippen LogP contribution in [0, 0.1) is 5.82 Å². The van der Waals surface area contributed by atoms with Gasteiger partial charge in [-0.05, 0) is 37.1 Å². The first-order valence-corrected chi connectivity index (χ1v) is 9.85. The molecular weight excluding hydrogens is 379 g/mol. The minimum atomic E-state index is -0.719. The summed E-state index contributed by atoms with van der Waals surface area (Å²) in [4.78, 5) is 26.9.